The van der Waals surface area contributed by atoms with Crippen molar-refractivity contribution in [1.29, 1.82) is 0 Å². The van der Waals surface area contributed by atoms with Crippen molar-refractivity contribution in [2.45, 2.75) is 6.92 Å². The molecule has 0 saturated carbocycles. The molecular weight excluding hydrogens is 384 g/mol. The van der Waals surface area contributed by atoms with E-state index in [1.165, 1.54) is 0 Å². The van der Waals surface area contributed by atoms with Crippen molar-refractivity contribution in [3.8, 4) is 22.7 Å². The molecule has 3 aromatic rings. The van der Waals surface area contributed by atoms with Crippen LogP contribution in [0.15, 0.2) is 60.8 Å². The first-order chi connectivity index (χ1) is 14.6. The minimum atomic E-state index is -0.513. The molecule has 156 valence electrons. The van der Waals surface area contributed by atoms with Crippen LogP contribution in [-0.2, 0) is 4.74 Å². The summed E-state index contributed by atoms with van der Waals surface area (Å²) in [4.78, 5) is 24.2. The number of hydrogen-bond donors (Lipinski definition) is 2. The molecule has 8 nitrogen and oxygen atoms in total. The lowest BCUT2D eigenvalue weighted by molar-refractivity contribution is 0.0953. The molecule has 0 atom stereocenters. The summed E-state index contributed by atoms with van der Waals surface area (Å²) in [7, 11) is 1.59. The number of ether oxygens (including phenoxy) is 2. The fraction of sp³-hybridized carbons (Fsp3) is 0.227. The van der Waals surface area contributed by atoms with Gasteiger partial charge in [-0.2, -0.15) is 5.10 Å². The number of carbonyl (C=O) groups is 2. The molecule has 0 unspecified atom stereocenters. The number of amides is 2. The van der Waals surface area contributed by atoms with Gasteiger partial charge in [0, 0.05) is 24.8 Å². The molecule has 30 heavy (non-hydrogen) atoms. The molecular formula is C22H24N4O4. The summed E-state index contributed by atoms with van der Waals surface area (Å²) in [5, 5.41) is 10.0. The van der Waals surface area contributed by atoms with Crippen molar-refractivity contribution < 1.29 is 19.1 Å². The maximum atomic E-state index is 12.9. The maximum Gasteiger partial charge on any atom is 0.407 e. The monoisotopic (exact) mass is 408 g/mol. The van der Waals surface area contributed by atoms with Crippen LogP contribution in [0.3, 0.4) is 0 Å². The molecule has 1 aromatic heterocycles. The van der Waals surface area contributed by atoms with Gasteiger partial charge in [-0.1, -0.05) is 30.3 Å². The Labute approximate surface area is 174 Å². The highest BCUT2D eigenvalue weighted by atomic mass is 16.5. The summed E-state index contributed by atoms with van der Waals surface area (Å²) >= 11 is 0. The zero-order valence-electron chi connectivity index (χ0n) is 16.9. The molecule has 0 fully saturated rings. The minimum absolute atomic E-state index is 0.256. The highest BCUT2D eigenvalue weighted by molar-refractivity contribution is 6.00. The van der Waals surface area contributed by atoms with Crippen molar-refractivity contribution in [3.63, 3.8) is 0 Å². The first-order valence-corrected chi connectivity index (χ1v) is 9.60. The van der Waals surface area contributed by atoms with Crippen LogP contribution in [-0.4, -0.2) is 48.6 Å². The van der Waals surface area contributed by atoms with Crippen LogP contribution in [0.2, 0.25) is 0 Å². The van der Waals surface area contributed by atoms with Gasteiger partial charge in [-0.3, -0.25) is 4.79 Å². The largest absolute Gasteiger partial charge is 0.497 e. The van der Waals surface area contributed by atoms with Gasteiger partial charge >= 0.3 is 6.09 Å². The van der Waals surface area contributed by atoms with Gasteiger partial charge in [0.25, 0.3) is 5.91 Å². The fourth-order valence-corrected chi connectivity index (χ4v) is 2.85. The number of benzene rings is 2. The Kier molecular flexibility index (Phi) is 7.05. The molecule has 0 bridgehead atoms. The average molecular weight is 408 g/mol. The van der Waals surface area contributed by atoms with E-state index in [2.05, 4.69) is 15.7 Å². The van der Waals surface area contributed by atoms with Crippen LogP contribution in [0.5, 0.6) is 5.75 Å². The predicted molar refractivity (Wildman–Crippen MR) is 113 cm³/mol. The number of para-hydroxylation sites is 1. The average Bonchev–Trinajstić information content (AvgIpc) is 3.23. The van der Waals surface area contributed by atoms with Crippen LogP contribution in [0.4, 0.5) is 4.79 Å². The third kappa shape index (κ3) is 5.16. The molecule has 0 radical (unpaired) electrons. The second-order valence-electron chi connectivity index (χ2n) is 6.31. The van der Waals surface area contributed by atoms with Gasteiger partial charge in [0.1, 0.15) is 11.4 Å². The first kappa shape index (κ1) is 20.9. The van der Waals surface area contributed by atoms with Gasteiger partial charge in [0.15, 0.2) is 0 Å². The summed E-state index contributed by atoms with van der Waals surface area (Å²) in [5.74, 6) is 0.382. The molecule has 0 aliphatic heterocycles. The third-order valence-electron chi connectivity index (χ3n) is 4.28. The van der Waals surface area contributed by atoms with E-state index in [0.717, 1.165) is 11.3 Å². The summed E-state index contributed by atoms with van der Waals surface area (Å²) in [6, 6.07) is 16.9. The number of methoxy groups -OCH3 is 1. The molecule has 1 heterocycles. The molecule has 0 saturated heterocycles. The molecule has 0 spiro atoms. The zero-order chi connectivity index (χ0) is 21.3. The summed E-state index contributed by atoms with van der Waals surface area (Å²) in [5.41, 5.74) is 2.56. The number of hydrogen-bond acceptors (Lipinski definition) is 5. The maximum absolute atomic E-state index is 12.9. The molecule has 0 aliphatic rings. The summed E-state index contributed by atoms with van der Waals surface area (Å²) in [6.07, 6.45) is 1.18. The second kappa shape index (κ2) is 10.1. The number of alkyl carbamates (subject to hydrolysis) is 1. The third-order valence-corrected chi connectivity index (χ3v) is 4.28. The number of nitrogens with zero attached hydrogens (tertiary/aromatic N) is 2. The molecule has 2 aromatic carbocycles. The Morgan fingerprint density at radius 1 is 1.03 bits per heavy atom. The predicted octanol–water partition coefficient (Wildman–Crippen LogP) is 3.02. The minimum Gasteiger partial charge on any atom is -0.497 e. The quantitative estimate of drug-likeness (QED) is 0.559. The zero-order valence-corrected chi connectivity index (χ0v) is 16.9. The van der Waals surface area contributed by atoms with Crippen LogP contribution in [0.1, 0.15) is 17.3 Å². The Balaban J connectivity index is 1.83. The normalized spacial score (nSPS) is 10.3. The van der Waals surface area contributed by atoms with Gasteiger partial charge < -0.3 is 20.1 Å². The van der Waals surface area contributed by atoms with E-state index in [4.69, 9.17) is 9.47 Å². The summed E-state index contributed by atoms with van der Waals surface area (Å²) in [6.45, 7) is 2.53. The Bertz CT molecular complexity index is 1000. The topological polar surface area (TPSA) is 94.5 Å². The lowest BCUT2D eigenvalue weighted by Gasteiger charge is -2.07. The van der Waals surface area contributed by atoms with Crippen molar-refractivity contribution in [3.05, 3.63) is 66.4 Å². The Morgan fingerprint density at radius 3 is 2.53 bits per heavy atom. The lowest BCUT2D eigenvalue weighted by atomic mass is 10.1. The second-order valence-corrected chi connectivity index (χ2v) is 6.31. The smallest absolute Gasteiger partial charge is 0.407 e. The van der Waals surface area contributed by atoms with Crippen LogP contribution < -0.4 is 15.4 Å². The number of nitrogens with one attached hydrogen (secondary N) is 2. The van der Waals surface area contributed by atoms with E-state index < -0.39 is 6.09 Å². The lowest BCUT2D eigenvalue weighted by Crippen LogP contribution is -2.35. The van der Waals surface area contributed by atoms with E-state index in [9.17, 15) is 9.59 Å². The molecule has 2 amide bonds. The van der Waals surface area contributed by atoms with E-state index in [1.807, 2.05) is 54.6 Å². The SMILES string of the molecule is CCOC(=O)NCCNC(=O)c1cn(-c2ccccc2)nc1-c1cccc(OC)c1. The molecule has 2 N–H and O–H groups in total. The van der Waals surface area contributed by atoms with Crippen molar-refractivity contribution in [2.24, 2.45) is 0 Å². The van der Waals surface area contributed by atoms with E-state index in [0.29, 0.717) is 23.6 Å². The number of rotatable bonds is 8. The van der Waals surface area contributed by atoms with E-state index in [-0.39, 0.29) is 19.0 Å². The molecule has 8 heteroatoms. The van der Waals surface area contributed by atoms with E-state index in [1.54, 1.807) is 24.9 Å². The Hall–Kier alpha value is -3.81. The van der Waals surface area contributed by atoms with Crippen molar-refractivity contribution in [1.82, 2.24) is 20.4 Å². The van der Waals surface area contributed by atoms with Crippen LogP contribution in [0.25, 0.3) is 16.9 Å². The van der Waals surface area contributed by atoms with E-state index >= 15 is 0 Å². The fourth-order valence-electron chi connectivity index (χ4n) is 2.85. The van der Waals surface area contributed by atoms with Gasteiger partial charge in [-0.05, 0) is 31.2 Å². The highest BCUT2D eigenvalue weighted by Gasteiger charge is 2.19. The van der Waals surface area contributed by atoms with Gasteiger partial charge in [0.2, 0.25) is 0 Å². The van der Waals surface area contributed by atoms with Gasteiger partial charge in [-0.15, -0.1) is 0 Å². The Morgan fingerprint density at radius 2 is 1.80 bits per heavy atom. The van der Waals surface area contributed by atoms with Crippen LogP contribution in [0, 0.1) is 0 Å². The van der Waals surface area contributed by atoms with Gasteiger partial charge in [0.05, 0.1) is 25.0 Å². The molecule has 3 rings (SSSR count). The van der Waals surface area contributed by atoms with Gasteiger partial charge in [-0.25, -0.2) is 9.48 Å². The standard InChI is InChI=1S/C22H24N4O4/c1-3-30-22(28)24-13-12-23-21(27)19-15-26(17-9-5-4-6-10-17)25-20(19)16-8-7-11-18(14-16)29-2/h4-11,14-15H,3,12-13H2,1-2H3,(H,23,27)(H,24,28). The molecule has 0 aliphatic carbocycles. The highest BCUT2D eigenvalue weighted by Crippen LogP contribution is 2.26. The first-order valence-electron chi connectivity index (χ1n) is 9.60. The van der Waals surface area contributed by atoms with Crippen molar-refractivity contribution >= 4 is 12.0 Å². The van der Waals surface area contributed by atoms with Crippen molar-refractivity contribution in [2.75, 3.05) is 26.8 Å². The van der Waals surface area contributed by atoms with Crippen LogP contribution >= 0.6 is 0 Å². The number of carbonyl (C=O) groups excluding carboxylic acids is 2. The summed E-state index contributed by atoms with van der Waals surface area (Å²) < 4.78 is 11.8. The number of aromatic nitrogens is 2.